The summed E-state index contributed by atoms with van der Waals surface area (Å²) in [5.41, 5.74) is 1.98. The van der Waals surface area contributed by atoms with Crippen LogP contribution in [-0.4, -0.2) is 41.3 Å². The summed E-state index contributed by atoms with van der Waals surface area (Å²) in [7, 11) is 0. The van der Waals surface area contributed by atoms with Crippen LogP contribution in [0.25, 0.3) is 0 Å². The zero-order chi connectivity index (χ0) is 19.1. The van der Waals surface area contributed by atoms with Crippen LogP contribution >= 0.6 is 0 Å². The topological polar surface area (TPSA) is 62.3 Å². The Morgan fingerprint density at radius 1 is 1.19 bits per heavy atom. The number of hydrogen-bond donors (Lipinski definition) is 1. The van der Waals surface area contributed by atoms with Crippen molar-refractivity contribution < 1.29 is 14.0 Å². The van der Waals surface area contributed by atoms with E-state index in [0.29, 0.717) is 38.9 Å². The van der Waals surface area contributed by atoms with Gasteiger partial charge in [0.15, 0.2) is 0 Å². The van der Waals surface area contributed by atoms with Crippen molar-refractivity contribution in [2.24, 2.45) is 5.92 Å². The smallest absolute Gasteiger partial charge is 0.224 e. The van der Waals surface area contributed by atoms with Gasteiger partial charge >= 0.3 is 0 Å². The molecule has 0 unspecified atom stereocenters. The second-order valence-corrected chi connectivity index (χ2v) is 6.85. The second-order valence-electron chi connectivity index (χ2n) is 6.85. The number of piperidine rings is 1. The molecular formula is C21H24FN3O2. The maximum Gasteiger partial charge on any atom is 0.224 e. The Morgan fingerprint density at radius 2 is 2.00 bits per heavy atom. The SMILES string of the molecule is O=C(NCCc1ccncc1)[C@@H]1CCC(=O)N(CCc2cccc(F)c2)C1. The molecule has 1 saturated heterocycles. The number of nitrogens with one attached hydrogen (secondary N) is 1. The number of rotatable bonds is 7. The lowest BCUT2D eigenvalue weighted by Gasteiger charge is -2.32. The molecule has 2 aromatic rings. The number of pyridine rings is 1. The van der Waals surface area contributed by atoms with E-state index < -0.39 is 0 Å². The molecule has 0 aliphatic carbocycles. The minimum Gasteiger partial charge on any atom is -0.355 e. The van der Waals surface area contributed by atoms with E-state index in [-0.39, 0.29) is 23.5 Å². The molecule has 1 aromatic carbocycles. The van der Waals surface area contributed by atoms with E-state index in [0.717, 1.165) is 17.5 Å². The quantitative estimate of drug-likeness (QED) is 0.815. The summed E-state index contributed by atoms with van der Waals surface area (Å²) in [6, 6.07) is 10.3. The highest BCUT2D eigenvalue weighted by Gasteiger charge is 2.29. The summed E-state index contributed by atoms with van der Waals surface area (Å²) in [4.78, 5) is 30.3. The molecule has 1 aliphatic rings. The van der Waals surface area contributed by atoms with Crippen molar-refractivity contribution in [2.75, 3.05) is 19.6 Å². The van der Waals surface area contributed by atoms with Gasteiger partial charge < -0.3 is 10.2 Å². The van der Waals surface area contributed by atoms with Gasteiger partial charge in [0.25, 0.3) is 0 Å². The van der Waals surface area contributed by atoms with Crippen LogP contribution in [0.5, 0.6) is 0 Å². The predicted molar refractivity (Wildman–Crippen MR) is 100 cm³/mol. The minimum atomic E-state index is -0.274. The zero-order valence-electron chi connectivity index (χ0n) is 15.2. The van der Waals surface area contributed by atoms with Gasteiger partial charge in [-0.15, -0.1) is 0 Å². The number of nitrogens with zero attached hydrogens (tertiary/aromatic N) is 2. The number of aromatic nitrogens is 1. The number of carbonyl (C=O) groups is 2. The third-order valence-electron chi connectivity index (χ3n) is 4.89. The van der Waals surface area contributed by atoms with E-state index in [2.05, 4.69) is 10.3 Å². The molecule has 2 amide bonds. The molecule has 0 radical (unpaired) electrons. The fraction of sp³-hybridized carbons (Fsp3) is 0.381. The highest BCUT2D eigenvalue weighted by molar-refractivity contribution is 5.83. The van der Waals surface area contributed by atoms with Gasteiger partial charge in [0, 0.05) is 38.4 Å². The number of halogens is 1. The van der Waals surface area contributed by atoms with Gasteiger partial charge in [-0.25, -0.2) is 4.39 Å². The van der Waals surface area contributed by atoms with Crippen LogP contribution in [0.3, 0.4) is 0 Å². The Bertz CT molecular complexity index is 782. The lowest BCUT2D eigenvalue weighted by atomic mass is 9.96. The number of benzene rings is 1. The van der Waals surface area contributed by atoms with E-state index in [1.165, 1.54) is 12.1 Å². The van der Waals surface area contributed by atoms with Gasteiger partial charge in [-0.2, -0.15) is 0 Å². The molecule has 142 valence electrons. The summed E-state index contributed by atoms with van der Waals surface area (Å²) in [6.45, 7) is 1.49. The van der Waals surface area contributed by atoms with Crippen molar-refractivity contribution in [3.63, 3.8) is 0 Å². The third kappa shape index (κ3) is 5.61. The second kappa shape index (κ2) is 9.26. The summed E-state index contributed by atoms with van der Waals surface area (Å²) in [5.74, 6) is -0.406. The number of amides is 2. The Balaban J connectivity index is 1.47. The highest BCUT2D eigenvalue weighted by atomic mass is 19.1. The molecule has 1 fully saturated rings. The van der Waals surface area contributed by atoms with E-state index in [9.17, 15) is 14.0 Å². The van der Waals surface area contributed by atoms with Crippen molar-refractivity contribution >= 4 is 11.8 Å². The van der Waals surface area contributed by atoms with E-state index in [1.807, 2.05) is 18.2 Å². The first kappa shape index (κ1) is 19.0. The lowest BCUT2D eigenvalue weighted by molar-refractivity contribution is -0.138. The van der Waals surface area contributed by atoms with Crippen molar-refractivity contribution in [3.8, 4) is 0 Å². The average molecular weight is 369 g/mol. The fourth-order valence-electron chi connectivity index (χ4n) is 3.33. The van der Waals surface area contributed by atoms with Crippen LogP contribution < -0.4 is 5.32 Å². The van der Waals surface area contributed by atoms with E-state index in [4.69, 9.17) is 0 Å². The lowest BCUT2D eigenvalue weighted by Crippen LogP contribution is -2.46. The molecule has 6 heteroatoms. The molecule has 0 bridgehead atoms. The predicted octanol–water partition coefficient (Wildman–Crippen LogP) is 2.36. The largest absolute Gasteiger partial charge is 0.355 e. The maximum absolute atomic E-state index is 13.3. The molecule has 1 atom stereocenters. The van der Waals surface area contributed by atoms with Crippen LogP contribution in [0.15, 0.2) is 48.8 Å². The van der Waals surface area contributed by atoms with Gasteiger partial charge in [-0.05, 0) is 54.7 Å². The molecular weight excluding hydrogens is 345 g/mol. The van der Waals surface area contributed by atoms with Crippen LogP contribution in [0.4, 0.5) is 4.39 Å². The molecule has 1 aliphatic heterocycles. The monoisotopic (exact) mass is 369 g/mol. The molecule has 0 saturated carbocycles. The number of likely N-dealkylation sites (tertiary alicyclic amines) is 1. The third-order valence-corrected chi connectivity index (χ3v) is 4.89. The van der Waals surface area contributed by atoms with Gasteiger partial charge in [0.2, 0.25) is 11.8 Å². The maximum atomic E-state index is 13.3. The van der Waals surface area contributed by atoms with Crippen molar-refractivity contribution in [2.45, 2.75) is 25.7 Å². The average Bonchev–Trinajstić information content (AvgIpc) is 2.68. The highest BCUT2D eigenvalue weighted by Crippen LogP contribution is 2.18. The molecule has 1 N–H and O–H groups in total. The Labute approximate surface area is 158 Å². The van der Waals surface area contributed by atoms with Gasteiger partial charge in [-0.1, -0.05) is 12.1 Å². The normalized spacial score (nSPS) is 17.0. The van der Waals surface area contributed by atoms with Crippen LogP contribution in [-0.2, 0) is 22.4 Å². The Hall–Kier alpha value is -2.76. The summed E-state index contributed by atoms with van der Waals surface area (Å²) < 4.78 is 13.3. The minimum absolute atomic E-state index is 0.00712. The molecule has 2 heterocycles. The summed E-state index contributed by atoms with van der Waals surface area (Å²) in [6.07, 6.45) is 5.77. The molecule has 1 aromatic heterocycles. The first-order valence-electron chi connectivity index (χ1n) is 9.30. The first-order valence-corrected chi connectivity index (χ1v) is 9.30. The van der Waals surface area contributed by atoms with Crippen molar-refractivity contribution in [1.82, 2.24) is 15.2 Å². The summed E-state index contributed by atoms with van der Waals surface area (Å²) >= 11 is 0. The summed E-state index contributed by atoms with van der Waals surface area (Å²) in [5, 5.41) is 2.97. The van der Waals surface area contributed by atoms with E-state index in [1.54, 1.807) is 23.4 Å². The molecule has 0 spiro atoms. The molecule has 5 nitrogen and oxygen atoms in total. The first-order chi connectivity index (χ1) is 13.1. The Kier molecular flexibility index (Phi) is 6.52. The van der Waals surface area contributed by atoms with Gasteiger partial charge in [-0.3, -0.25) is 14.6 Å². The van der Waals surface area contributed by atoms with E-state index >= 15 is 0 Å². The van der Waals surface area contributed by atoms with Crippen LogP contribution in [0, 0.1) is 11.7 Å². The fourth-order valence-corrected chi connectivity index (χ4v) is 3.33. The zero-order valence-corrected chi connectivity index (χ0v) is 15.2. The molecule has 3 rings (SSSR count). The Morgan fingerprint density at radius 3 is 2.78 bits per heavy atom. The number of hydrogen-bond acceptors (Lipinski definition) is 3. The molecule has 27 heavy (non-hydrogen) atoms. The number of carbonyl (C=O) groups excluding carboxylic acids is 2. The van der Waals surface area contributed by atoms with Gasteiger partial charge in [0.1, 0.15) is 5.82 Å². The van der Waals surface area contributed by atoms with Crippen molar-refractivity contribution in [1.29, 1.82) is 0 Å². The van der Waals surface area contributed by atoms with Crippen LogP contribution in [0.1, 0.15) is 24.0 Å². The standard InChI is InChI=1S/C21H24FN3O2/c22-19-3-1-2-17(14-19)9-13-25-15-18(4-5-20(25)26)21(27)24-12-8-16-6-10-23-11-7-16/h1-3,6-7,10-11,14,18H,4-5,8-9,12-13,15H2,(H,24,27)/t18-/m1/s1. The van der Waals surface area contributed by atoms with Gasteiger partial charge in [0.05, 0.1) is 5.92 Å². The van der Waals surface area contributed by atoms with Crippen LogP contribution in [0.2, 0.25) is 0 Å². The van der Waals surface area contributed by atoms with Crippen molar-refractivity contribution in [3.05, 3.63) is 65.7 Å².